The fourth-order valence-corrected chi connectivity index (χ4v) is 2.21. The van der Waals surface area contributed by atoms with E-state index in [1.807, 2.05) is 34.6 Å². The summed E-state index contributed by atoms with van der Waals surface area (Å²) in [4.78, 5) is 12.4. The van der Waals surface area contributed by atoms with Gasteiger partial charge in [0.2, 0.25) is 0 Å². The minimum atomic E-state index is -0.879. The molecular weight excluding hydrogens is 228 g/mol. The molecule has 0 spiro atoms. The average Bonchev–Trinajstić information content (AvgIpc) is 2.13. The zero-order chi connectivity index (χ0) is 14.6. The van der Waals surface area contributed by atoms with Gasteiger partial charge in [-0.05, 0) is 25.7 Å². The topological polar surface area (TPSA) is 35.5 Å². The van der Waals surface area contributed by atoms with Crippen molar-refractivity contribution in [2.75, 3.05) is 13.2 Å². The minimum Gasteiger partial charge on any atom is -0.464 e. The summed E-state index contributed by atoms with van der Waals surface area (Å²) in [6.45, 7) is 17.1. The van der Waals surface area contributed by atoms with Crippen LogP contribution in [0.25, 0.3) is 0 Å². The molecule has 1 unspecified atom stereocenters. The highest BCUT2D eigenvalue weighted by molar-refractivity contribution is 5.80. The Labute approximate surface area is 112 Å². The van der Waals surface area contributed by atoms with Crippen LogP contribution in [-0.2, 0) is 14.3 Å². The molecule has 0 aromatic rings. The highest BCUT2D eigenvalue weighted by atomic mass is 16.6. The van der Waals surface area contributed by atoms with Gasteiger partial charge in [-0.3, -0.25) is 0 Å². The molecule has 0 aromatic carbocycles. The molecule has 0 N–H and O–H groups in total. The Morgan fingerprint density at radius 3 is 1.72 bits per heavy atom. The van der Waals surface area contributed by atoms with Crippen molar-refractivity contribution in [3.05, 3.63) is 0 Å². The second-order valence-electron chi connectivity index (χ2n) is 6.97. The van der Waals surface area contributed by atoms with Crippen LogP contribution in [-0.4, -0.2) is 24.8 Å². The molecule has 0 rings (SSSR count). The van der Waals surface area contributed by atoms with E-state index in [-0.39, 0.29) is 16.8 Å². The predicted molar refractivity (Wildman–Crippen MR) is 74.5 cm³/mol. The van der Waals surface area contributed by atoms with Gasteiger partial charge in [-0.15, -0.1) is 0 Å². The lowest BCUT2D eigenvalue weighted by atomic mass is 9.68. The summed E-state index contributed by atoms with van der Waals surface area (Å²) in [5.41, 5.74) is -1.19. The maximum absolute atomic E-state index is 12.4. The predicted octanol–water partition coefficient (Wildman–Crippen LogP) is 3.81. The van der Waals surface area contributed by atoms with Crippen molar-refractivity contribution in [1.82, 2.24) is 0 Å². The molecule has 0 amide bonds. The highest BCUT2D eigenvalue weighted by Crippen LogP contribution is 2.43. The van der Waals surface area contributed by atoms with Gasteiger partial charge in [0.05, 0.1) is 6.61 Å². The van der Waals surface area contributed by atoms with E-state index in [4.69, 9.17) is 9.47 Å². The van der Waals surface area contributed by atoms with E-state index in [0.717, 1.165) is 0 Å². The van der Waals surface area contributed by atoms with Crippen LogP contribution in [0.15, 0.2) is 0 Å². The Kier molecular flexibility index (Phi) is 5.86. The molecule has 0 saturated heterocycles. The van der Waals surface area contributed by atoms with E-state index >= 15 is 0 Å². The SMILES string of the molecule is CCOC(=O)C(CC(C)(C)C)(OCC)C(C)(C)C. The monoisotopic (exact) mass is 258 g/mol. The molecule has 0 aliphatic carbocycles. The number of hydrogen-bond acceptors (Lipinski definition) is 3. The number of hydrogen-bond donors (Lipinski definition) is 0. The van der Waals surface area contributed by atoms with Gasteiger partial charge in [-0.2, -0.15) is 0 Å². The fraction of sp³-hybridized carbons (Fsp3) is 0.933. The average molecular weight is 258 g/mol. The largest absolute Gasteiger partial charge is 0.464 e. The molecule has 108 valence electrons. The summed E-state index contributed by atoms with van der Waals surface area (Å²) in [6.07, 6.45) is 0.649. The van der Waals surface area contributed by atoms with E-state index in [0.29, 0.717) is 19.6 Å². The molecule has 18 heavy (non-hydrogen) atoms. The quantitative estimate of drug-likeness (QED) is 0.703. The van der Waals surface area contributed by atoms with E-state index in [1.165, 1.54) is 0 Å². The van der Waals surface area contributed by atoms with Gasteiger partial charge in [0, 0.05) is 12.0 Å². The van der Waals surface area contributed by atoms with Gasteiger partial charge >= 0.3 is 5.97 Å². The first kappa shape index (κ1) is 17.4. The molecule has 0 aliphatic rings. The lowest BCUT2D eigenvalue weighted by Crippen LogP contribution is -2.55. The molecule has 1 atom stereocenters. The first-order chi connectivity index (χ1) is 8.00. The highest BCUT2D eigenvalue weighted by Gasteiger charge is 2.52. The smallest absolute Gasteiger partial charge is 0.338 e. The fourth-order valence-electron chi connectivity index (χ4n) is 2.21. The number of ether oxygens (including phenoxy) is 2. The molecule has 0 saturated carbocycles. The van der Waals surface area contributed by atoms with Crippen LogP contribution >= 0.6 is 0 Å². The van der Waals surface area contributed by atoms with Gasteiger partial charge in [0.25, 0.3) is 0 Å². The zero-order valence-corrected chi connectivity index (χ0v) is 13.3. The second-order valence-corrected chi connectivity index (χ2v) is 6.97. The zero-order valence-electron chi connectivity index (χ0n) is 13.3. The van der Waals surface area contributed by atoms with Crippen molar-refractivity contribution in [3.63, 3.8) is 0 Å². The minimum absolute atomic E-state index is 0.00475. The Bertz CT molecular complexity index is 270. The Morgan fingerprint density at radius 2 is 1.44 bits per heavy atom. The Balaban J connectivity index is 5.50. The number of carbonyl (C=O) groups is 1. The number of rotatable bonds is 5. The van der Waals surface area contributed by atoms with Crippen molar-refractivity contribution >= 4 is 5.97 Å². The third-order valence-corrected chi connectivity index (χ3v) is 2.99. The summed E-state index contributed by atoms with van der Waals surface area (Å²) in [7, 11) is 0. The normalized spacial score (nSPS) is 16.2. The van der Waals surface area contributed by atoms with Gasteiger partial charge < -0.3 is 9.47 Å². The molecule has 3 nitrogen and oxygen atoms in total. The van der Waals surface area contributed by atoms with Crippen LogP contribution in [0.3, 0.4) is 0 Å². The Hall–Kier alpha value is -0.570. The molecule has 3 heteroatoms. The van der Waals surface area contributed by atoms with Crippen LogP contribution in [0.1, 0.15) is 61.8 Å². The third-order valence-electron chi connectivity index (χ3n) is 2.99. The van der Waals surface area contributed by atoms with E-state index in [9.17, 15) is 4.79 Å². The Morgan fingerprint density at radius 1 is 0.944 bits per heavy atom. The van der Waals surface area contributed by atoms with E-state index in [1.54, 1.807) is 0 Å². The lowest BCUT2D eigenvalue weighted by Gasteiger charge is -2.45. The molecule has 0 aromatic heterocycles. The van der Waals surface area contributed by atoms with Crippen LogP contribution in [0.2, 0.25) is 0 Å². The maximum atomic E-state index is 12.4. The van der Waals surface area contributed by atoms with Crippen LogP contribution in [0.4, 0.5) is 0 Å². The van der Waals surface area contributed by atoms with E-state index < -0.39 is 5.60 Å². The molecule has 0 radical (unpaired) electrons. The molecule has 0 aliphatic heterocycles. The summed E-state index contributed by atoms with van der Waals surface area (Å²) in [5.74, 6) is -0.241. The molecular formula is C15H30O3. The molecule has 0 bridgehead atoms. The van der Waals surface area contributed by atoms with Crippen LogP contribution in [0, 0.1) is 10.8 Å². The van der Waals surface area contributed by atoms with Crippen molar-refractivity contribution in [2.45, 2.75) is 67.4 Å². The van der Waals surface area contributed by atoms with Crippen molar-refractivity contribution < 1.29 is 14.3 Å². The van der Waals surface area contributed by atoms with Crippen molar-refractivity contribution in [1.29, 1.82) is 0 Å². The molecule has 0 fully saturated rings. The number of esters is 1. The van der Waals surface area contributed by atoms with Crippen LogP contribution < -0.4 is 0 Å². The van der Waals surface area contributed by atoms with Gasteiger partial charge in [0.1, 0.15) is 0 Å². The second kappa shape index (κ2) is 6.05. The van der Waals surface area contributed by atoms with Crippen molar-refractivity contribution in [3.8, 4) is 0 Å². The maximum Gasteiger partial charge on any atom is 0.338 e. The van der Waals surface area contributed by atoms with E-state index in [2.05, 4.69) is 20.8 Å². The van der Waals surface area contributed by atoms with Gasteiger partial charge in [-0.1, -0.05) is 41.5 Å². The summed E-state index contributed by atoms with van der Waals surface area (Å²) in [5, 5.41) is 0. The summed E-state index contributed by atoms with van der Waals surface area (Å²) < 4.78 is 11.2. The first-order valence-electron chi connectivity index (χ1n) is 6.81. The summed E-state index contributed by atoms with van der Waals surface area (Å²) >= 11 is 0. The lowest BCUT2D eigenvalue weighted by molar-refractivity contribution is -0.195. The van der Waals surface area contributed by atoms with Gasteiger partial charge in [-0.25, -0.2) is 4.79 Å². The molecule has 0 heterocycles. The standard InChI is InChI=1S/C15H30O3/c1-9-17-12(16)15(18-10-2,14(6,7)8)11-13(3,4)5/h9-11H2,1-8H3. The summed E-state index contributed by atoms with van der Waals surface area (Å²) in [6, 6.07) is 0. The third kappa shape index (κ3) is 4.27. The number of carbonyl (C=O) groups excluding carboxylic acids is 1. The van der Waals surface area contributed by atoms with Crippen molar-refractivity contribution in [2.24, 2.45) is 10.8 Å². The van der Waals surface area contributed by atoms with Gasteiger partial charge in [0.15, 0.2) is 5.60 Å². The van der Waals surface area contributed by atoms with Crippen LogP contribution in [0.5, 0.6) is 0 Å². The first-order valence-corrected chi connectivity index (χ1v) is 6.81.